The van der Waals surface area contributed by atoms with Crippen LogP contribution in [0.2, 0.25) is 0 Å². The Morgan fingerprint density at radius 2 is 1.51 bits per heavy atom. The van der Waals surface area contributed by atoms with Crippen LogP contribution in [-0.4, -0.2) is 23.4 Å². The van der Waals surface area contributed by atoms with E-state index in [1.165, 1.54) is 93.9 Å². The van der Waals surface area contributed by atoms with Crippen molar-refractivity contribution in [2.75, 3.05) is 18.0 Å². The smallest absolute Gasteiger partial charge is 0.209 e. The summed E-state index contributed by atoms with van der Waals surface area (Å²) < 4.78 is 2.59. The van der Waals surface area contributed by atoms with Gasteiger partial charge in [0.05, 0.1) is 5.41 Å². The Kier molecular flexibility index (Phi) is 9.60. The van der Waals surface area contributed by atoms with Gasteiger partial charge in [0.15, 0.2) is 5.71 Å². The van der Waals surface area contributed by atoms with Crippen LogP contribution < -0.4 is 4.90 Å². The van der Waals surface area contributed by atoms with E-state index in [4.69, 9.17) is 0 Å². The quantitative estimate of drug-likeness (QED) is 0.204. The van der Waals surface area contributed by atoms with Crippen molar-refractivity contribution in [2.24, 2.45) is 0 Å². The molecule has 0 unspecified atom stereocenters. The van der Waals surface area contributed by atoms with E-state index in [0.29, 0.717) is 0 Å². The number of allylic oxidation sites excluding steroid dienone is 8. The zero-order valence-corrected chi connectivity index (χ0v) is 30.0. The van der Waals surface area contributed by atoms with Gasteiger partial charge in [0.1, 0.15) is 6.54 Å². The van der Waals surface area contributed by atoms with Crippen LogP contribution in [0.4, 0.5) is 11.4 Å². The molecule has 0 N–H and O–H groups in total. The van der Waals surface area contributed by atoms with E-state index in [0.717, 1.165) is 25.9 Å². The fourth-order valence-electron chi connectivity index (χ4n) is 8.14. The Bertz CT molecular complexity index is 1770. The highest BCUT2D eigenvalue weighted by molar-refractivity contribution is 6.03. The second-order valence-corrected chi connectivity index (χ2v) is 14.9. The van der Waals surface area contributed by atoms with Gasteiger partial charge in [0.2, 0.25) is 5.69 Å². The molecular formula is C45H55N2+. The van der Waals surface area contributed by atoms with Crippen molar-refractivity contribution < 1.29 is 4.58 Å². The minimum absolute atomic E-state index is 0.0323. The minimum Gasteiger partial charge on any atom is -0.344 e. The zero-order chi connectivity index (χ0) is 33.2. The van der Waals surface area contributed by atoms with Crippen LogP contribution in [0, 0.1) is 6.92 Å². The summed E-state index contributed by atoms with van der Waals surface area (Å²) in [5.74, 6) is 0. The summed E-state index contributed by atoms with van der Waals surface area (Å²) in [7, 11) is 0. The number of benzene rings is 3. The van der Waals surface area contributed by atoms with E-state index in [-0.39, 0.29) is 10.8 Å². The Hall–Kier alpha value is -3.91. The second kappa shape index (κ2) is 13.7. The molecule has 0 radical (unpaired) electrons. The van der Waals surface area contributed by atoms with Crippen LogP contribution in [0.5, 0.6) is 0 Å². The first-order valence-electron chi connectivity index (χ1n) is 18.2. The van der Waals surface area contributed by atoms with E-state index in [1.54, 1.807) is 0 Å². The molecule has 3 aromatic carbocycles. The normalized spacial score (nSPS) is 20.2. The van der Waals surface area contributed by atoms with Gasteiger partial charge in [-0.3, -0.25) is 0 Å². The topological polar surface area (TPSA) is 6.25 Å². The van der Waals surface area contributed by atoms with Gasteiger partial charge >= 0.3 is 0 Å². The summed E-state index contributed by atoms with van der Waals surface area (Å²) in [5.41, 5.74) is 15.4. The lowest BCUT2D eigenvalue weighted by molar-refractivity contribution is -0.438. The van der Waals surface area contributed by atoms with Crippen molar-refractivity contribution in [3.8, 4) is 0 Å². The second-order valence-electron chi connectivity index (χ2n) is 14.9. The van der Waals surface area contributed by atoms with Crippen LogP contribution in [0.15, 0.2) is 114 Å². The molecule has 2 nitrogen and oxygen atoms in total. The van der Waals surface area contributed by atoms with E-state index in [1.807, 2.05) is 0 Å². The van der Waals surface area contributed by atoms with Crippen LogP contribution in [0.25, 0.3) is 5.57 Å². The Labute approximate surface area is 284 Å². The number of hydrogen-bond donors (Lipinski definition) is 0. The number of unbranched alkanes of at least 4 members (excludes halogenated alkanes) is 2. The van der Waals surface area contributed by atoms with E-state index >= 15 is 0 Å². The van der Waals surface area contributed by atoms with Gasteiger partial charge in [-0.1, -0.05) is 119 Å². The molecule has 2 aliphatic heterocycles. The van der Waals surface area contributed by atoms with Crippen molar-refractivity contribution >= 4 is 22.7 Å². The lowest BCUT2D eigenvalue weighted by Gasteiger charge is -2.27. The first kappa shape index (κ1) is 33.0. The van der Waals surface area contributed by atoms with Crippen molar-refractivity contribution in [3.63, 3.8) is 0 Å². The summed E-state index contributed by atoms with van der Waals surface area (Å²) >= 11 is 0. The van der Waals surface area contributed by atoms with E-state index in [9.17, 15) is 0 Å². The van der Waals surface area contributed by atoms with Crippen molar-refractivity contribution in [1.29, 1.82) is 0 Å². The van der Waals surface area contributed by atoms with Gasteiger partial charge in [-0.25, -0.2) is 0 Å². The maximum Gasteiger partial charge on any atom is 0.209 e. The molecule has 2 heterocycles. The average Bonchev–Trinajstić information content (AvgIpc) is 3.42. The molecule has 0 bridgehead atoms. The van der Waals surface area contributed by atoms with Crippen molar-refractivity contribution in [1.82, 2.24) is 0 Å². The average molecular weight is 624 g/mol. The Morgan fingerprint density at radius 3 is 2.28 bits per heavy atom. The Morgan fingerprint density at radius 1 is 0.766 bits per heavy atom. The summed E-state index contributed by atoms with van der Waals surface area (Å²) in [6, 6.07) is 27.2. The van der Waals surface area contributed by atoms with Crippen LogP contribution in [0.1, 0.15) is 109 Å². The zero-order valence-electron chi connectivity index (χ0n) is 30.0. The number of fused-ring (bicyclic) bond motifs is 2. The first-order chi connectivity index (χ1) is 22.7. The van der Waals surface area contributed by atoms with E-state index in [2.05, 4.69) is 155 Å². The molecule has 1 aliphatic carbocycles. The number of rotatable bonds is 10. The molecule has 2 heteroatoms. The molecule has 0 fully saturated rings. The molecule has 0 atom stereocenters. The van der Waals surface area contributed by atoms with Crippen LogP contribution in [0.3, 0.4) is 0 Å². The predicted molar refractivity (Wildman–Crippen MR) is 203 cm³/mol. The predicted octanol–water partition coefficient (Wildman–Crippen LogP) is 11.8. The molecule has 3 aromatic rings. The fraction of sp³-hybridized carbons (Fsp3) is 0.400. The third-order valence-corrected chi connectivity index (χ3v) is 10.8. The highest BCUT2D eigenvalue weighted by Gasteiger charge is 2.44. The first-order valence-corrected chi connectivity index (χ1v) is 18.2. The van der Waals surface area contributed by atoms with Gasteiger partial charge < -0.3 is 4.90 Å². The SMILES string of the molecule is CCCCN1/C(=C/C=C2\CCCC(/C=C/C3=[N+](CCCC)c4ccccc4C3(C)C)=C2c2ccccc2)C(C)(C)c2cc(C)ccc21. The van der Waals surface area contributed by atoms with Crippen molar-refractivity contribution in [3.05, 3.63) is 136 Å². The molecular weight excluding hydrogens is 569 g/mol. The third-order valence-electron chi connectivity index (χ3n) is 10.8. The maximum atomic E-state index is 2.60. The summed E-state index contributed by atoms with van der Waals surface area (Å²) in [6.07, 6.45) is 18.0. The standard InChI is InChI=1S/C45H55N2/c1-8-10-30-46-39-23-16-15-22-37(39)44(4,5)41(46)28-25-35-20-17-21-36(43(35)34-18-13-12-14-19-34)26-29-42-45(6,7)38-32-33(3)24-27-40(38)47(42)31-11-9-2/h12-16,18-19,22-29,32H,8-11,17,20-21,30-31H2,1-7H3/q+1. The van der Waals surface area contributed by atoms with Gasteiger partial charge in [-0.15, -0.1) is 0 Å². The number of anilines is 1. The molecule has 0 saturated heterocycles. The van der Waals surface area contributed by atoms with Gasteiger partial charge in [0.25, 0.3) is 0 Å². The largest absolute Gasteiger partial charge is 0.344 e. The minimum atomic E-state index is -0.0399. The number of hydrogen-bond acceptors (Lipinski definition) is 1. The summed E-state index contributed by atoms with van der Waals surface area (Å²) in [5, 5.41) is 0. The van der Waals surface area contributed by atoms with Gasteiger partial charge in [0, 0.05) is 47.5 Å². The van der Waals surface area contributed by atoms with Crippen LogP contribution in [-0.2, 0) is 10.8 Å². The molecule has 47 heavy (non-hydrogen) atoms. The highest BCUT2D eigenvalue weighted by Crippen LogP contribution is 2.49. The highest BCUT2D eigenvalue weighted by atomic mass is 15.2. The fourth-order valence-corrected chi connectivity index (χ4v) is 8.14. The number of aryl methyl sites for hydroxylation is 1. The van der Waals surface area contributed by atoms with Gasteiger partial charge in [-0.2, -0.15) is 4.58 Å². The lowest BCUT2D eigenvalue weighted by atomic mass is 9.79. The monoisotopic (exact) mass is 623 g/mol. The van der Waals surface area contributed by atoms with E-state index < -0.39 is 0 Å². The number of para-hydroxylation sites is 1. The molecule has 3 aliphatic rings. The Balaban J connectivity index is 1.45. The molecule has 0 spiro atoms. The van der Waals surface area contributed by atoms with Crippen molar-refractivity contribution in [2.45, 2.75) is 104 Å². The summed E-state index contributed by atoms with van der Waals surface area (Å²) in [6.45, 7) is 18.5. The molecule has 244 valence electrons. The maximum absolute atomic E-state index is 2.60. The third kappa shape index (κ3) is 6.24. The lowest BCUT2D eigenvalue weighted by Crippen LogP contribution is -2.28. The summed E-state index contributed by atoms with van der Waals surface area (Å²) in [4.78, 5) is 2.60. The van der Waals surface area contributed by atoms with Crippen LogP contribution >= 0.6 is 0 Å². The molecule has 0 amide bonds. The molecule has 0 saturated carbocycles. The number of nitrogens with zero attached hydrogens (tertiary/aromatic N) is 2. The molecule has 6 rings (SSSR count). The van der Waals surface area contributed by atoms with Gasteiger partial charge in [-0.05, 0) is 86.4 Å². The molecule has 0 aromatic heterocycles.